The van der Waals surface area contributed by atoms with Crippen LogP contribution in [-0.4, -0.2) is 49.4 Å². The maximum Gasteiger partial charge on any atom is 0.248 e. The second-order valence-corrected chi connectivity index (χ2v) is 9.60. The lowest BCUT2D eigenvalue weighted by atomic mass is 10.2. The number of nitrogens with zero attached hydrogens (tertiary/aromatic N) is 2. The van der Waals surface area contributed by atoms with E-state index in [4.69, 9.17) is 11.6 Å². The molecule has 8 nitrogen and oxygen atoms in total. The highest BCUT2D eigenvalue weighted by Crippen LogP contribution is 2.27. The maximum atomic E-state index is 13.4. The number of aromatic nitrogens is 2. The Morgan fingerprint density at radius 2 is 1.94 bits per heavy atom. The van der Waals surface area contributed by atoms with Crippen LogP contribution in [0.3, 0.4) is 0 Å². The smallest absolute Gasteiger partial charge is 0.248 e. The zero-order valence-electron chi connectivity index (χ0n) is 17.1. The third-order valence-electron chi connectivity index (χ3n) is 4.27. The number of benzene rings is 2. The Hall–Kier alpha value is -3.08. The van der Waals surface area contributed by atoms with Crippen molar-refractivity contribution in [3.63, 3.8) is 0 Å². The summed E-state index contributed by atoms with van der Waals surface area (Å²) in [7, 11) is -3.02. The van der Waals surface area contributed by atoms with Crippen LogP contribution in [0.15, 0.2) is 54.9 Å². The first kappa shape index (κ1) is 23.6. The molecule has 0 aliphatic rings. The molecule has 0 atom stereocenters. The van der Waals surface area contributed by atoms with E-state index < -0.39 is 15.7 Å². The van der Waals surface area contributed by atoms with Gasteiger partial charge in [0.2, 0.25) is 5.91 Å². The number of fused-ring (bicyclic) bond motifs is 1. The first-order chi connectivity index (χ1) is 15.2. The minimum atomic E-state index is -3.02. The zero-order valence-corrected chi connectivity index (χ0v) is 18.7. The molecular weight excluding hydrogens is 457 g/mol. The molecule has 1 amide bonds. The molecule has 2 aromatic carbocycles. The van der Waals surface area contributed by atoms with Crippen molar-refractivity contribution in [1.29, 1.82) is 0 Å². The fraction of sp³-hybridized carbons (Fsp3) is 0.190. The van der Waals surface area contributed by atoms with Gasteiger partial charge in [0, 0.05) is 42.2 Å². The number of hydrogen-bond acceptors (Lipinski definition) is 7. The van der Waals surface area contributed by atoms with E-state index in [-0.39, 0.29) is 16.7 Å². The second kappa shape index (κ2) is 10.5. The van der Waals surface area contributed by atoms with Gasteiger partial charge < -0.3 is 16.0 Å². The van der Waals surface area contributed by atoms with Crippen LogP contribution < -0.4 is 16.0 Å². The molecule has 0 fully saturated rings. The molecule has 0 saturated carbocycles. The minimum Gasteiger partial charge on any atom is -0.340 e. The number of carbonyl (C=O) groups excluding carboxylic acids is 1. The van der Waals surface area contributed by atoms with E-state index >= 15 is 0 Å². The van der Waals surface area contributed by atoms with E-state index in [2.05, 4.69) is 25.9 Å². The molecule has 32 heavy (non-hydrogen) atoms. The van der Waals surface area contributed by atoms with Gasteiger partial charge in [-0.3, -0.25) is 4.79 Å². The topological polar surface area (TPSA) is 113 Å². The normalized spacial score (nSPS) is 11.7. The lowest BCUT2D eigenvalue weighted by molar-refractivity contribution is -0.111. The Morgan fingerprint density at radius 1 is 1.16 bits per heavy atom. The fourth-order valence-corrected chi connectivity index (χ4v) is 3.43. The van der Waals surface area contributed by atoms with Gasteiger partial charge >= 0.3 is 0 Å². The summed E-state index contributed by atoms with van der Waals surface area (Å²) < 4.78 is 35.5. The Balaban J connectivity index is 1.66. The van der Waals surface area contributed by atoms with Crippen LogP contribution in [0.1, 0.15) is 0 Å². The van der Waals surface area contributed by atoms with E-state index in [1.807, 2.05) is 0 Å². The lowest BCUT2D eigenvalue weighted by Gasteiger charge is -2.10. The molecule has 3 rings (SSSR count). The highest BCUT2D eigenvalue weighted by molar-refractivity contribution is 7.90. The molecule has 0 aliphatic carbocycles. The standard InChI is InChI=1S/C21H21ClFN5O3S/c1-32(30,31)10-9-24-8-2-3-20(29)27-14-5-7-19-16(11-14)21(26-13-25-19)28-15-4-6-18(23)17(22)12-15/h2-7,11-13,24H,8-10H2,1H3,(H,27,29)(H,25,26,28)/b3-2+. The summed E-state index contributed by atoms with van der Waals surface area (Å²) in [6.45, 7) is 0.674. The molecule has 3 N–H and O–H groups in total. The number of amides is 1. The van der Waals surface area contributed by atoms with Crippen molar-refractivity contribution in [2.24, 2.45) is 0 Å². The van der Waals surface area contributed by atoms with Crippen LogP contribution in [0.25, 0.3) is 10.9 Å². The number of rotatable bonds is 9. The first-order valence-electron chi connectivity index (χ1n) is 9.54. The van der Waals surface area contributed by atoms with E-state index in [1.54, 1.807) is 24.3 Å². The van der Waals surface area contributed by atoms with Crippen LogP contribution in [0.5, 0.6) is 0 Å². The van der Waals surface area contributed by atoms with E-state index in [0.717, 1.165) is 0 Å². The SMILES string of the molecule is CS(=O)(=O)CCNC/C=C/C(=O)Nc1ccc2ncnc(Nc3ccc(F)c(Cl)c3)c2c1. The predicted molar refractivity (Wildman–Crippen MR) is 125 cm³/mol. The van der Waals surface area contributed by atoms with E-state index in [9.17, 15) is 17.6 Å². The van der Waals surface area contributed by atoms with Crippen molar-refractivity contribution >= 4 is 55.4 Å². The number of nitrogens with one attached hydrogen (secondary N) is 3. The summed E-state index contributed by atoms with van der Waals surface area (Å²) in [5, 5.41) is 9.39. The predicted octanol–water partition coefficient (Wildman–Crippen LogP) is 3.29. The van der Waals surface area contributed by atoms with Crippen molar-refractivity contribution in [1.82, 2.24) is 15.3 Å². The summed E-state index contributed by atoms with van der Waals surface area (Å²) in [6.07, 6.45) is 5.53. The third-order valence-corrected chi connectivity index (χ3v) is 5.50. The highest BCUT2D eigenvalue weighted by atomic mass is 35.5. The van der Waals surface area contributed by atoms with Crippen LogP contribution in [0.4, 0.5) is 21.6 Å². The molecular formula is C21H21ClFN5O3S. The molecule has 0 radical (unpaired) electrons. The number of anilines is 3. The number of hydrogen-bond donors (Lipinski definition) is 3. The van der Waals surface area contributed by atoms with E-state index in [0.29, 0.717) is 41.2 Å². The van der Waals surface area contributed by atoms with Gasteiger partial charge in [-0.2, -0.15) is 0 Å². The van der Waals surface area contributed by atoms with Crippen molar-refractivity contribution in [2.45, 2.75) is 0 Å². The first-order valence-corrected chi connectivity index (χ1v) is 12.0. The van der Waals surface area contributed by atoms with Crippen molar-refractivity contribution in [3.8, 4) is 0 Å². The Morgan fingerprint density at radius 3 is 2.69 bits per heavy atom. The van der Waals surface area contributed by atoms with Crippen molar-refractivity contribution in [3.05, 3.63) is 65.7 Å². The van der Waals surface area contributed by atoms with Gasteiger partial charge in [0.25, 0.3) is 0 Å². The minimum absolute atomic E-state index is 0.0149. The van der Waals surface area contributed by atoms with Gasteiger partial charge in [0.05, 0.1) is 16.3 Å². The molecule has 168 valence electrons. The summed E-state index contributed by atoms with van der Waals surface area (Å²) in [5.41, 5.74) is 1.74. The number of carbonyl (C=O) groups is 1. The van der Waals surface area contributed by atoms with Crippen LogP contribution >= 0.6 is 11.6 Å². The molecule has 0 bridgehead atoms. The molecule has 0 unspecified atom stereocenters. The monoisotopic (exact) mass is 477 g/mol. The molecule has 0 spiro atoms. The van der Waals surface area contributed by atoms with Crippen molar-refractivity contribution in [2.75, 3.05) is 35.7 Å². The Bertz CT molecular complexity index is 1270. The molecule has 11 heteroatoms. The summed E-state index contributed by atoms with van der Waals surface area (Å²) in [4.78, 5) is 20.6. The molecule has 1 aromatic heterocycles. The van der Waals surface area contributed by atoms with Crippen LogP contribution in [0.2, 0.25) is 5.02 Å². The molecule has 0 aliphatic heterocycles. The summed E-state index contributed by atoms with van der Waals surface area (Å²) >= 11 is 5.84. The van der Waals surface area contributed by atoms with Crippen LogP contribution in [0, 0.1) is 5.82 Å². The zero-order chi connectivity index (χ0) is 23.1. The Kier molecular flexibility index (Phi) is 7.73. The Labute approximate surface area is 189 Å². The summed E-state index contributed by atoms with van der Waals surface area (Å²) in [5.74, 6) is -0.356. The fourth-order valence-electron chi connectivity index (χ4n) is 2.74. The van der Waals surface area contributed by atoms with Gasteiger partial charge in [-0.25, -0.2) is 22.8 Å². The largest absolute Gasteiger partial charge is 0.340 e. The maximum absolute atomic E-state index is 13.4. The third kappa shape index (κ3) is 6.98. The van der Waals surface area contributed by atoms with E-state index in [1.165, 1.54) is 36.9 Å². The van der Waals surface area contributed by atoms with Gasteiger partial charge in [-0.1, -0.05) is 17.7 Å². The second-order valence-electron chi connectivity index (χ2n) is 6.93. The highest BCUT2D eigenvalue weighted by Gasteiger charge is 2.08. The lowest BCUT2D eigenvalue weighted by Crippen LogP contribution is -2.22. The van der Waals surface area contributed by atoms with Gasteiger partial charge in [0.15, 0.2) is 0 Å². The van der Waals surface area contributed by atoms with Crippen molar-refractivity contribution < 1.29 is 17.6 Å². The molecule has 3 aromatic rings. The van der Waals surface area contributed by atoms with Gasteiger partial charge in [-0.15, -0.1) is 0 Å². The van der Waals surface area contributed by atoms with Gasteiger partial charge in [-0.05, 0) is 36.4 Å². The quantitative estimate of drug-likeness (QED) is 0.320. The number of halogens is 2. The van der Waals surface area contributed by atoms with Crippen LogP contribution in [-0.2, 0) is 14.6 Å². The summed E-state index contributed by atoms with van der Waals surface area (Å²) in [6, 6.07) is 9.41. The number of sulfone groups is 1. The molecule has 0 saturated heterocycles. The average molecular weight is 478 g/mol. The van der Waals surface area contributed by atoms with Gasteiger partial charge in [0.1, 0.15) is 27.8 Å². The average Bonchev–Trinajstić information content (AvgIpc) is 2.73. The molecule has 1 heterocycles.